The van der Waals surface area contributed by atoms with E-state index in [1.807, 2.05) is 6.08 Å². The zero-order chi connectivity index (χ0) is 12.2. The number of alkyl halides is 3. The molecule has 0 spiro atoms. The van der Waals surface area contributed by atoms with E-state index in [2.05, 4.69) is 18.0 Å². The van der Waals surface area contributed by atoms with Gasteiger partial charge in [-0.05, 0) is 24.3 Å². The highest BCUT2D eigenvalue weighted by Crippen LogP contribution is 2.43. The number of hydrogen-bond donors (Lipinski definition) is 0. The quantitative estimate of drug-likeness (QED) is 0.649. The highest BCUT2D eigenvalue weighted by atomic mass is 32.2. The molecule has 0 saturated heterocycles. The maximum Gasteiger partial charge on any atom is 0.479 e. The van der Waals surface area contributed by atoms with Crippen LogP contribution in [-0.4, -0.2) is 5.51 Å². The van der Waals surface area contributed by atoms with E-state index in [9.17, 15) is 13.2 Å². The molecule has 0 N–H and O–H groups in total. The fourth-order valence-electron chi connectivity index (χ4n) is 1.99. The molecular formula is C11H17F3OS. The zero-order valence-corrected chi connectivity index (χ0v) is 10.4. The van der Waals surface area contributed by atoms with Crippen LogP contribution in [-0.2, 0) is 4.18 Å². The van der Waals surface area contributed by atoms with Gasteiger partial charge in [-0.25, -0.2) is 0 Å². The number of hydrogen-bond acceptors (Lipinski definition) is 2. The van der Waals surface area contributed by atoms with E-state index >= 15 is 0 Å². The van der Waals surface area contributed by atoms with Crippen molar-refractivity contribution in [3.8, 4) is 0 Å². The molecule has 0 aromatic heterocycles. The number of halogens is 3. The van der Waals surface area contributed by atoms with E-state index in [4.69, 9.17) is 0 Å². The molecule has 1 nitrogen and oxygen atoms in total. The molecule has 1 aliphatic rings. The van der Waals surface area contributed by atoms with E-state index < -0.39 is 17.6 Å². The van der Waals surface area contributed by atoms with Crippen LogP contribution in [0.4, 0.5) is 13.2 Å². The minimum Gasteiger partial charge on any atom is -0.422 e. The molecule has 0 aromatic rings. The van der Waals surface area contributed by atoms with Gasteiger partial charge in [0, 0.05) is 6.42 Å². The molecule has 0 fully saturated rings. The topological polar surface area (TPSA) is 9.23 Å². The summed E-state index contributed by atoms with van der Waals surface area (Å²) in [5, 5.41) is 0. The summed E-state index contributed by atoms with van der Waals surface area (Å²) in [5.74, 6) is 0.472. The monoisotopic (exact) mass is 254 g/mol. The fourth-order valence-corrected chi connectivity index (χ4v) is 2.34. The van der Waals surface area contributed by atoms with Crippen LogP contribution < -0.4 is 0 Å². The van der Waals surface area contributed by atoms with Crippen LogP contribution in [0.2, 0.25) is 0 Å². The first-order chi connectivity index (χ1) is 7.41. The molecule has 1 rings (SSSR count). The molecule has 5 heteroatoms. The average Bonchev–Trinajstić information content (AvgIpc) is 2.26. The van der Waals surface area contributed by atoms with Crippen molar-refractivity contribution in [1.29, 1.82) is 0 Å². The van der Waals surface area contributed by atoms with Crippen LogP contribution in [0.1, 0.15) is 46.0 Å². The standard InChI is InChI=1S/C11H17F3OS/c1-3-10(4-2)7-5-9(6-8-10)15-16-11(12,13)14/h5H,3-4,6-8H2,1-2H3. The minimum atomic E-state index is -4.31. The SMILES string of the molecule is CCC1(CC)CC=C(OSC(F)(F)F)CC1. The van der Waals surface area contributed by atoms with Crippen LogP contribution in [0.5, 0.6) is 0 Å². The molecule has 94 valence electrons. The lowest BCUT2D eigenvalue weighted by Crippen LogP contribution is -2.21. The van der Waals surface area contributed by atoms with Gasteiger partial charge in [-0.1, -0.05) is 26.7 Å². The number of rotatable bonds is 4. The molecule has 16 heavy (non-hydrogen) atoms. The van der Waals surface area contributed by atoms with Gasteiger partial charge in [-0.2, -0.15) is 13.2 Å². The third kappa shape index (κ3) is 3.92. The first-order valence-electron chi connectivity index (χ1n) is 5.52. The van der Waals surface area contributed by atoms with E-state index in [0.29, 0.717) is 12.2 Å². The molecule has 1 aliphatic carbocycles. The maximum absolute atomic E-state index is 11.9. The van der Waals surface area contributed by atoms with Gasteiger partial charge in [0.25, 0.3) is 0 Å². The summed E-state index contributed by atoms with van der Waals surface area (Å²) >= 11 is -0.413. The van der Waals surface area contributed by atoms with Crippen LogP contribution in [0.15, 0.2) is 11.8 Å². The molecule has 0 bridgehead atoms. The first kappa shape index (κ1) is 13.7. The van der Waals surface area contributed by atoms with Gasteiger partial charge in [0.2, 0.25) is 0 Å². The molecule has 0 saturated carbocycles. The summed E-state index contributed by atoms with van der Waals surface area (Å²) in [6.07, 6.45) is 6.32. The van der Waals surface area contributed by atoms with Crippen LogP contribution in [0.3, 0.4) is 0 Å². The van der Waals surface area contributed by atoms with Crippen LogP contribution in [0, 0.1) is 5.41 Å². The van der Waals surface area contributed by atoms with Gasteiger partial charge in [0.15, 0.2) is 12.0 Å². The van der Waals surface area contributed by atoms with Crippen molar-refractivity contribution in [3.05, 3.63) is 11.8 Å². The highest BCUT2D eigenvalue weighted by molar-refractivity contribution is 7.95. The predicted molar refractivity (Wildman–Crippen MR) is 59.7 cm³/mol. The molecule has 0 atom stereocenters. The van der Waals surface area contributed by atoms with Crippen molar-refractivity contribution in [2.24, 2.45) is 5.41 Å². The van der Waals surface area contributed by atoms with Gasteiger partial charge in [-0.3, -0.25) is 0 Å². The molecule has 0 amide bonds. The Bertz CT molecular complexity index is 256. The van der Waals surface area contributed by atoms with Crippen molar-refractivity contribution < 1.29 is 17.4 Å². The summed E-state index contributed by atoms with van der Waals surface area (Å²) in [6, 6.07) is 0. The van der Waals surface area contributed by atoms with Crippen LogP contribution in [0.25, 0.3) is 0 Å². The third-order valence-corrected chi connectivity index (χ3v) is 3.89. The summed E-state index contributed by atoms with van der Waals surface area (Å²) in [7, 11) is 0. The summed E-state index contributed by atoms with van der Waals surface area (Å²) in [6.45, 7) is 4.27. The molecule has 0 unspecified atom stereocenters. The first-order valence-corrected chi connectivity index (χ1v) is 6.26. The Morgan fingerprint density at radius 3 is 2.38 bits per heavy atom. The lowest BCUT2D eigenvalue weighted by Gasteiger charge is -2.34. The second-order valence-corrected chi connectivity index (χ2v) is 4.99. The van der Waals surface area contributed by atoms with Crippen LogP contribution >= 0.6 is 12.0 Å². The number of allylic oxidation sites excluding steroid dienone is 2. The predicted octanol–water partition coefficient (Wildman–Crippen LogP) is 5.05. The average molecular weight is 254 g/mol. The normalized spacial score (nSPS) is 20.4. The Hall–Kier alpha value is -0.320. The summed E-state index contributed by atoms with van der Waals surface area (Å²) < 4.78 is 40.4. The second-order valence-electron chi connectivity index (χ2n) is 4.19. The molecule has 0 heterocycles. The molecule has 0 aromatic carbocycles. The van der Waals surface area contributed by atoms with Gasteiger partial charge in [0.05, 0.1) is 0 Å². The molecule has 0 aliphatic heterocycles. The minimum absolute atomic E-state index is 0.274. The third-order valence-electron chi connectivity index (χ3n) is 3.41. The maximum atomic E-state index is 11.9. The smallest absolute Gasteiger partial charge is 0.422 e. The Labute approximate surface area is 98.6 Å². The zero-order valence-electron chi connectivity index (χ0n) is 9.56. The van der Waals surface area contributed by atoms with E-state index in [-0.39, 0.29) is 5.41 Å². The van der Waals surface area contributed by atoms with E-state index in [0.717, 1.165) is 25.7 Å². The Morgan fingerprint density at radius 2 is 2.00 bits per heavy atom. The highest BCUT2D eigenvalue weighted by Gasteiger charge is 2.34. The second kappa shape index (κ2) is 5.34. The van der Waals surface area contributed by atoms with Crippen molar-refractivity contribution in [1.82, 2.24) is 0 Å². The van der Waals surface area contributed by atoms with Crippen molar-refractivity contribution in [2.75, 3.05) is 0 Å². The Morgan fingerprint density at radius 1 is 1.38 bits per heavy atom. The lowest BCUT2D eigenvalue weighted by atomic mass is 9.73. The summed E-state index contributed by atoms with van der Waals surface area (Å²) in [4.78, 5) is 0. The lowest BCUT2D eigenvalue weighted by molar-refractivity contribution is -0.0386. The van der Waals surface area contributed by atoms with E-state index in [1.165, 1.54) is 0 Å². The molecular weight excluding hydrogens is 237 g/mol. The Kier molecular flexibility index (Phi) is 4.59. The largest absolute Gasteiger partial charge is 0.479 e. The van der Waals surface area contributed by atoms with Crippen molar-refractivity contribution in [3.63, 3.8) is 0 Å². The van der Waals surface area contributed by atoms with Crippen molar-refractivity contribution in [2.45, 2.75) is 51.5 Å². The Balaban J connectivity index is 2.47. The summed E-state index contributed by atoms with van der Waals surface area (Å²) in [5.41, 5.74) is -4.04. The van der Waals surface area contributed by atoms with Crippen molar-refractivity contribution >= 4 is 12.0 Å². The van der Waals surface area contributed by atoms with Gasteiger partial charge < -0.3 is 4.18 Å². The molecule has 0 radical (unpaired) electrons. The van der Waals surface area contributed by atoms with E-state index in [1.54, 1.807) is 0 Å². The fraction of sp³-hybridized carbons (Fsp3) is 0.818. The van der Waals surface area contributed by atoms with Gasteiger partial charge in [-0.15, -0.1) is 0 Å². The van der Waals surface area contributed by atoms with Gasteiger partial charge in [0.1, 0.15) is 5.76 Å². The van der Waals surface area contributed by atoms with Gasteiger partial charge >= 0.3 is 5.51 Å².